The predicted octanol–water partition coefficient (Wildman–Crippen LogP) is 1.26. The first-order valence-corrected chi connectivity index (χ1v) is 3.77. The maximum Gasteiger partial charge on any atom is 0.406 e. The van der Waals surface area contributed by atoms with Gasteiger partial charge < -0.3 is 4.79 Å². The lowest BCUT2D eigenvalue weighted by Gasteiger charge is -2.43. The van der Waals surface area contributed by atoms with Gasteiger partial charge in [-0.05, 0) is 19.3 Å². The minimum Gasteiger partial charge on any atom is -0.302 e. The van der Waals surface area contributed by atoms with Gasteiger partial charge in [-0.1, -0.05) is 0 Å². The summed E-state index contributed by atoms with van der Waals surface area (Å²) in [6.07, 6.45) is -3.03. The fraction of sp³-hybridized carbons (Fsp3) is 0.857. The number of aldehydes is 1. The summed E-state index contributed by atoms with van der Waals surface area (Å²) >= 11 is 0. The zero-order valence-corrected chi connectivity index (χ0v) is 6.45. The maximum absolute atomic E-state index is 12.3. The summed E-state index contributed by atoms with van der Waals surface area (Å²) in [6.45, 7) is -0.223. The van der Waals surface area contributed by atoms with Crippen molar-refractivity contribution < 1.29 is 18.0 Å². The molecule has 0 bridgehead atoms. The molecule has 0 atom stereocenters. The highest BCUT2D eigenvalue weighted by atomic mass is 19.4. The average Bonchev–Trinajstić information content (AvgIpc) is 1.82. The van der Waals surface area contributed by atoms with Crippen molar-refractivity contribution in [2.75, 3.05) is 6.54 Å². The molecular formula is C7H10F3NO. The van der Waals surface area contributed by atoms with Crippen LogP contribution in [-0.2, 0) is 4.79 Å². The summed E-state index contributed by atoms with van der Waals surface area (Å²) in [7, 11) is 0. The molecule has 0 unspecified atom stereocenters. The molecule has 0 aromatic rings. The van der Waals surface area contributed by atoms with Crippen molar-refractivity contribution in [1.29, 1.82) is 0 Å². The molecular weight excluding hydrogens is 171 g/mol. The second-order valence-electron chi connectivity index (χ2n) is 2.98. The summed E-state index contributed by atoms with van der Waals surface area (Å²) in [4.78, 5) is 9.89. The van der Waals surface area contributed by atoms with E-state index in [0.29, 0.717) is 12.7 Å². The van der Waals surface area contributed by atoms with Crippen molar-refractivity contribution in [2.24, 2.45) is 0 Å². The van der Waals surface area contributed by atoms with Crippen LogP contribution in [0.3, 0.4) is 0 Å². The van der Waals surface area contributed by atoms with Crippen LogP contribution in [0.1, 0.15) is 19.3 Å². The summed E-state index contributed by atoms with van der Waals surface area (Å²) in [5.41, 5.74) is -1.77. The van der Waals surface area contributed by atoms with E-state index in [1.807, 2.05) is 0 Å². The Morgan fingerprint density at radius 3 is 2.25 bits per heavy atom. The quantitative estimate of drug-likeness (QED) is 0.664. The molecule has 1 N–H and O–H groups in total. The van der Waals surface area contributed by atoms with E-state index in [2.05, 4.69) is 5.32 Å². The molecule has 1 fully saturated rings. The molecule has 0 aliphatic heterocycles. The minimum absolute atomic E-state index is 0.0876. The number of hydrogen-bond acceptors (Lipinski definition) is 2. The van der Waals surface area contributed by atoms with E-state index >= 15 is 0 Å². The van der Waals surface area contributed by atoms with Crippen molar-refractivity contribution in [3.8, 4) is 0 Å². The molecule has 0 aromatic heterocycles. The predicted molar refractivity (Wildman–Crippen MR) is 36.7 cm³/mol. The fourth-order valence-electron chi connectivity index (χ4n) is 1.33. The largest absolute Gasteiger partial charge is 0.406 e. The zero-order chi connectivity index (χ0) is 9.24. The minimum atomic E-state index is -4.23. The van der Waals surface area contributed by atoms with Crippen LogP contribution < -0.4 is 5.32 Å². The first-order chi connectivity index (χ1) is 5.52. The van der Waals surface area contributed by atoms with Gasteiger partial charge in [0.15, 0.2) is 0 Å². The SMILES string of the molecule is O=CCNC1(C(F)(F)F)CCC1. The monoisotopic (exact) mass is 181 g/mol. The van der Waals surface area contributed by atoms with Gasteiger partial charge in [0, 0.05) is 0 Å². The number of alkyl halides is 3. The number of halogens is 3. The summed E-state index contributed by atoms with van der Waals surface area (Å²) in [6, 6.07) is 0. The van der Waals surface area contributed by atoms with E-state index in [9.17, 15) is 18.0 Å². The molecule has 1 saturated carbocycles. The maximum atomic E-state index is 12.3. The topological polar surface area (TPSA) is 29.1 Å². The number of nitrogens with one attached hydrogen (secondary N) is 1. The molecule has 0 heterocycles. The number of carbonyl (C=O) groups excluding carboxylic acids is 1. The van der Waals surface area contributed by atoms with E-state index in [1.165, 1.54) is 0 Å². The Kier molecular flexibility index (Phi) is 2.41. The fourth-order valence-corrected chi connectivity index (χ4v) is 1.33. The molecule has 0 radical (unpaired) electrons. The Morgan fingerprint density at radius 2 is 2.00 bits per heavy atom. The number of carbonyl (C=O) groups is 1. The van der Waals surface area contributed by atoms with Crippen molar-refractivity contribution in [1.82, 2.24) is 5.32 Å². The standard InChI is InChI=1S/C7H10F3NO/c8-7(9,10)6(2-1-3-6)11-4-5-12/h5,11H,1-4H2. The Hall–Kier alpha value is -0.580. The Morgan fingerprint density at radius 1 is 1.42 bits per heavy atom. The van der Waals surface area contributed by atoms with Gasteiger partial charge in [0.05, 0.1) is 6.54 Å². The second kappa shape index (κ2) is 3.05. The highest BCUT2D eigenvalue weighted by Crippen LogP contribution is 2.44. The molecule has 0 spiro atoms. The number of rotatable bonds is 3. The zero-order valence-electron chi connectivity index (χ0n) is 6.45. The average molecular weight is 181 g/mol. The van der Waals surface area contributed by atoms with Crippen molar-refractivity contribution in [3.63, 3.8) is 0 Å². The molecule has 1 aliphatic carbocycles. The molecule has 0 amide bonds. The highest BCUT2D eigenvalue weighted by molar-refractivity contribution is 5.52. The Bertz CT molecular complexity index is 174. The lowest BCUT2D eigenvalue weighted by atomic mass is 9.76. The van der Waals surface area contributed by atoms with Crippen molar-refractivity contribution in [2.45, 2.75) is 31.0 Å². The van der Waals surface area contributed by atoms with Gasteiger partial charge >= 0.3 is 6.18 Å². The van der Waals surface area contributed by atoms with Crippen LogP contribution in [0.4, 0.5) is 13.2 Å². The van der Waals surface area contributed by atoms with E-state index in [4.69, 9.17) is 0 Å². The van der Waals surface area contributed by atoms with Crippen LogP contribution >= 0.6 is 0 Å². The second-order valence-corrected chi connectivity index (χ2v) is 2.98. The third kappa shape index (κ3) is 1.46. The van der Waals surface area contributed by atoms with Gasteiger partial charge in [-0.15, -0.1) is 0 Å². The van der Waals surface area contributed by atoms with Gasteiger partial charge in [-0.25, -0.2) is 0 Å². The molecule has 70 valence electrons. The van der Waals surface area contributed by atoms with Crippen molar-refractivity contribution >= 4 is 6.29 Å². The summed E-state index contributed by atoms with van der Waals surface area (Å²) in [5, 5.41) is 2.23. The third-order valence-electron chi connectivity index (χ3n) is 2.27. The van der Waals surface area contributed by atoms with Crippen LogP contribution in [0.25, 0.3) is 0 Å². The first kappa shape index (κ1) is 9.51. The number of hydrogen-bond donors (Lipinski definition) is 1. The van der Waals surface area contributed by atoms with Crippen LogP contribution in [-0.4, -0.2) is 24.5 Å². The van der Waals surface area contributed by atoms with E-state index in [-0.39, 0.29) is 19.4 Å². The van der Waals surface area contributed by atoms with Crippen LogP contribution in [0.2, 0.25) is 0 Å². The highest BCUT2D eigenvalue weighted by Gasteiger charge is 2.57. The van der Waals surface area contributed by atoms with Gasteiger partial charge in [-0.3, -0.25) is 5.32 Å². The molecule has 2 nitrogen and oxygen atoms in total. The molecule has 0 aromatic carbocycles. The van der Waals surface area contributed by atoms with E-state index < -0.39 is 11.7 Å². The summed E-state index contributed by atoms with van der Waals surface area (Å²) < 4.78 is 36.9. The third-order valence-corrected chi connectivity index (χ3v) is 2.27. The molecule has 0 saturated heterocycles. The van der Waals surface area contributed by atoms with Gasteiger partial charge in [0.2, 0.25) is 0 Å². The Labute approximate surface area is 68.1 Å². The normalized spacial score (nSPS) is 21.6. The van der Waals surface area contributed by atoms with Crippen LogP contribution in [0, 0.1) is 0 Å². The molecule has 1 aliphatic rings. The Balaban J connectivity index is 2.56. The molecule has 12 heavy (non-hydrogen) atoms. The lowest BCUT2D eigenvalue weighted by molar-refractivity contribution is -0.218. The first-order valence-electron chi connectivity index (χ1n) is 3.77. The van der Waals surface area contributed by atoms with E-state index in [1.54, 1.807) is 0 Å². The van der Waals surface area contributed by atoms with Gasteiger partial charge in [0.25, 0.3) is 0 Å². The lowest BCUT2D eigenvalue weighted by Crippen LogP contribution is -2.61. The van der Waals surface area contributed by atoms with Crippen LogP contribution in [0.15, 0.2) is 0 Å². The van der Waals surface area contributed by atoms with E-state index in [0.717, 1.165) is 0 Å². The molecule has 1 rings (SSSR count). The summed E-state index contributed by atoms with van der Waals surface area (Å²) in [5.74, 6) is 0. The van der Waals surface area contributed by atoms with Crippen molar-refractivity contribution in [3.05, 3.63) is 0 Å². The smallest absolute Gasteiger partial charge is 0.302 e. The van der Waals surface area contributed by atoms with Gasteiger partial charge in [-0.2, -0.15) is 13.2 Å². The van der Waals surface area contributed by atoms with Gasteiger partial charge in [0.1, 0.15) is 11.8 Å². The van der Waals surface area contributed by atoms with Crippen LogP contribution in [0.5, 0.6) is 0 Å². The molecule has 5 heteroatoms.